The topological polar surface area (TPSA) is 15.3 Å². The van der Waals surface area contributed by atoms with Gasteiger partial charge in [0.2, 0.25) is 0 Å². The third kappa shape index (κ3) is 4.85. The van der Waals surface area contributed by atoms with E-state index < -0.39 is 0 Å². The molecule has 0 saturated carbocycles. The largest absolute Gasteiger partial charge is 0.317 e. The Labute approximate surface area is 139 Å². The van der Waals surface area contributed by atoms with Crippen molar-refractivity contribution >= 4 is 24.0 Å². The van der Waals surface area contributed by atoms with Crippen molar-refractivity contribution in [3.8, 4) is 0 Å². The Morgan fingerprint density at radius 1 is 1.10 bits per heavy atom. The summed E-state index contributed by atoms with van der Waals surface area (Å²) in [5.41, 5.74) is 1.43. The first-order valence-electron chi connectivity index (χ1n) is 8.00. The highest BCUT2D eigenvalue weighted by Crippen LogP contribution is 2.30. The van der Waals surface area contributed by atoms with Gasteiger partial charge in [-0.15, -0.1) is 12.4 Å². The molecule has 3 rings (SSSR count). The van der Waals surface area contributed by atoms with Crippen LogP contribution in [0.1, 0.15) is 37.2 Å². The summed E-state index contributed by atoms with van der Waals surface area (Å²) in [6.07, 6.45) is 5.28. The van der Waals surface area contributed by atoms with E-state index in [-0.39, 0.29) is 12.4 Å². The lowest BCUT2D eigenvalue weighted by atomic mass is 9.88. The number of rotatable bonds is 3. The Morgan fingerprint density at radius 3 is 2.48 bits per heavy atom. The van der Waals surface area contributed by atoms with Crippen LogP contribution in [0.3, 0.4) is 0 Å². The van der Waals surface area contributed by atoms with Crippen molar-refractivity contribution in [2.75, 3.05) is 32.7 Å². The number of nitrogens with zero attached hydrogens (tertiary/aromatic N) is 1. The molecule has 0 aliphatic carbocycles. The molecular formula is C17H26Cl2N2. The third-order valence-corrected chi connectivity index (χ3v) is 5.12. The monoisotopic (exact) mass is 328 g/mol. The molecule has 118 valence electrons. The first-order chi connectivity index (χ1) is 9.81. The highest BCUT2D eigenvalue weighted by Gasteiger charge is 2.23. The van der Waals surface area contributed by atoms with E-state index in [2.05, 4.69) is 28.4 Å². The van der Waals surface area contributed by atoms with Crippen molar-refractivity contribution in [1.29, 1.82) is 0 Å². The number of hydrogen-bond donors (Lipinski definition) is 1. The standard InChI is InChI=1S/C17H25ClN2.ClH/c18-17-3-1-2-16(12-17)15-6-10-20(11-7-15)13-14-4-8-19-9-5-14;/h1-3,12,14-15,19H,4-11,13H2;1H. The molecule has 1 N–H and O–H groups in total. The molecular weight excluding hydrogens is 303 g/mol. The van der Waals surface area contributed by atoms with Crippen molar-refractivity contribution < 1.29 is 0 Å². The van der Waals surface area contributed by atoms with Crippen molar-refractivity contribution in [2.24, 2.45) is 5.92 Å². The van der Waals surface area contributed by atoms with Crippen molar-refractivity contribution in [3.63, 3.8) is 0 Å². The van der Waals surface area contributed by atoms with Gasteiger partial charge >= 0.3 is 0 Å². The minimum atomic E-state index is 0. The van der Waals surface area contributed by atoms with Crippen LogP contribution in [0.5, 0.6) is 0 Å². The number of nitrogens with one attached hydrogen (secondary N) is 1. The van der Waals surface area contributed by atoms with Crippen LogP contribution in [0, 0.1) is 5.92 Å². The second-order valence-electron chi connectivity index (χ2n) is 6.32. The molecule has 0 bridgehead atoms. The average Bonchev–Trinajstić information content (AvgIpc) is 2.49. The zero-order valence-corrected chi connectivity index (χ0v) is 14.1. The molecule has 1 aromatic carbocycles. The van der Waals surface area contributed by atoms with Gasteiger partial charge in [-0.25, -0.2) is 0 Å². The summed E-state index contributed by atoms with van der Waals surface area (Å²) in [7, 11) is 0. The molecule has 2 aliphatic rings. The van der Waals surface area contributed by atoms with Gasteiger partial charge in [-0.05, 0) is 81.4 Å². The summed E-state index contributed by atoms with van der Waals surface area (Å²) >= 11 is 6.11. The SMILES string of the molecule is Cl.Clc1cccc(C2CCN(CC3CCNCC3)CC2)c1. The Kier molecular flexibility index (Phi) is 6.81. The maximum atomic E-state index is 6.11. The van der Waals surface area contributed by atoms with Gasteiger partial charge in [0.25, 0.3) is 0 Å². The third-order valence-electron chi connectivity index (χ3n) is 4.88. The van der Waals surface area contributed by atoms with Crippen LogP contribution in [-0.4, -0.2) is 37.6 Å². The fourth-order valence-electron chi connectivity index (χ4n) is 3.64. The fourth-order valence-corrected chi connectivity index (χ4v) is 3.84. The lowest BCUT2D eigenvalue weighted by Gasteiger charge is -2.35. The first kappa shape index (κ1) is 17.1. The highest BCUT2D eigenvalue weighted by atomic mass is 35.5. The van der Waals surface area contributed by atoms with Crippen molar-refractivity contribution in [1.82, 2.24) is 10.2 Å². The molecule has 0 radical (unpaired) electrons. The maximum Gasteiger partial charge on any atom is 0.0408 e. The minimum absolute atomic E-state index is 0. The lowest BCUT2D eigenvalue weighted by molar-refractivity contribution is 0.167. The predicted octanol–water partition coefficient (Wildman–Crippen LogP) is 3.94. The Bertz CT molecular complexity index is 425. The zero-order chi connectivity index (χ0) is 13.8. The molecule has 2 heterocycles. The van der Waals surface area contributed by atoms with Gasteiger partial charge in [0.1, 0.15) is 0 Å². The van der Waals surface area contributed by atoms with Gasteiger partial charge in [-0.3, -0.25) is 0 Å². The minimum Gasteiger partial charge on any atom is -0.317 e. The Balaban J connectivity index is 0.00000161. The molecule has 21 heavy (non-hydrogen) atoms. The summed E-state index contributed by atoms with van der Waals surface area (Å²) in [5.74, 6) is 1.62. The maximum absolute atomic E-state index is 6.11. The lowest BCUT2D eigenvalue weighted by Crippen LogP contribution is -2.39. The van der Waals surface area contributed by atoms with Gasteiger partial charge in [0, 0.05) is 11.6 Å². The molecule has 2 aliphatic heterocycles. The molecule has 0 spiro atoms. The van der Waals surface area contributed by atoms with Gasteiger partial charge in [-0.1, -0.05) is 23.7 Å². The van der Waals surface area contributed by atoms with E-state index in [1.807, 2.05) is 6.07 Å². The summed E-state index contributed by atoms with van der Waals surface area (Å²) in [4.78, 5) is 2.68. The molecule has 0 amide bonds. The summed E-state index contributed by atoms with van der Waals surface area (Å²) < 4.78 is 0. The summed E-state index contributed by atoms with van der Waals surface area (Å²) in [6, 6.07) is 8.43. The van der Waals surface area contributed by atoms with E-state index in [1.54, 1.807) is 0 Å². The second-order valence-corrected chi connectivity index (χ2v) is 6.76. The molecule has 2 nitrogen and oxygen atoms in total. The number of benzene rings is 1. The molecule has 0 atom stereocenters. The molecule has 0 aromatic heterocycles. The first-order valence-corrected chi connectivity index (χ1v) is 8.37. The van der Waals surface area contributed by atoms with Crippen LogP contribution in [0.25, 0.3) is 0 Å². The van der Waals surface area contributed by atoms with E-state index in [9.17, 15) is 0 Å². The normalized spacial score (nSPS) is 22.0. The highest BCUT2D eigenvalue weighted by molar-refractivity contribution is 6.30. The van der Waals surface area contributed by atoms with E-state index >= 15 is 0 Å². The molecule has 4 heteroatoms. The number of halogens is 2. The van der Waals surface area contributed by atoms with Crippen LogP contribution in [0.2, 0.25) is 5.02 Å². The van der Waals surface area contributed by atoms with Gasteiger partial charge in [-0.2, -0.15) is 0 Å². The van der Waals surface area contributed by atoms with E-state index in [0.717, 1.165) is 10.9 Å². The number of hydrogen-bond acceptors (Lipinski definition) is 2. The Morgan fingerprint density at radius 2 is 1.81 bits per heavy atom. The van der Waals surface area contributed by atoms with E-state index in [4.69, 9.17) is 11.6 Å². The van der Waals surface area contributed by atoms with Crippen LogP contribution in [0.4, 0.5) is 0 Å². The van der Waals surface area contributed by atoms with Crippen LogP contribution < -0.4 is 5.32 Å². The fraction of sp³-hybridized carbons (Fsp3) is 0.647. The second kappa shape index (κ2) is 8.38. The molecule has 2 fully saturated rings. The Hall–Kier alpha value is -0.280. The quantitative estimate of drug-likeness (QED) is 0.904. The summed E-state index contributed by atoms with van der Waals surface area (Å²) in [5, 5.41) is 4.33. The van der Waals surface area contributed by atoms with Crippen LogP contribution in [0.15, 0.2) is 24.3 Å². The van der Waals surface area contributed by atoms with Crippen LogP contribution >= 0.6 is 24.0 Å². The van der Waals surface area contributed by atoms with Crippen LogP contribution in [-0.2, 0) is 0 Å². The zero-order valence-electron chi connectivity index (χ0n) is 12.6. The summed E-state index contributed by atoms with van der Waals surface area (Å²) in [6.45, 7) is 6.24. The smallest absolute Gasteiger partial charge is 0.0408 e. The van der Waals surface area contributed by atoms with Gasteiger partial charge in [0.15, 0.2) is 0 Å². The average molecular weight is 329 g/mol. The molecule has 1 aromatic rings. The van der Waals surface area contributed by atoms with Gasteiger partial charge < -0.3 is 10.2 Å². The molecule has 2 saturated heterocycles. The van der Waals surface area contributed by atoms with Crippen molar-refractivity contribution in [2.45, 2.75) is 31.6 Å². The molecule has 0 unspecified atom stereocenters. The predicted molar refractivity (Wildman–Crippen MR) is 92.7 cm³/mol. The number of likely N-dealkylation sites (tertiary alicyclic amines) is 1. The van der Waals surface area contributed by atoms with E-state index in [0.29, 0.717) is 5.92 Å². The van der Waals surface area contributed by atoms with Gasteiger partial charge in [0.05, 0.1) is 0 Å². The van der Waals surface area contributed by atoms with E-state index in [1.165, 1.54) is 64.0 Å². The van der Waals surface area contributed by atoms with Crippen molar-refractivity contribution in [3.05, 3.63) is 34.9 Å². The number of piperidine rings is 2.